The number of hydrogen-bond donors (Lipinski definition) is 3. The molecule has 0 aromatic carbocycles. The van der Waals surface area contributed by atoms with Crippen molar-refractivity contribution in [1.29, 1.82) is 0 Å². The molecule has 7 nitrogen and oxygen atoms in total. The number of fused-ring (bicyclic) bond motifs is 5. The summed E-state index contributed by atoms with van der Waals surface area (Å²) in [6, 6.07) is 0. The van der Waals surface area contributed by atoms with Gasteiger partial charge in [0.05, 0.1) is 6.10 Å². The first-order valence-electron chi connectivity index (χ1n) is 24.7. The van der Waals surface area contributed by atoms with Crippen LogP contribution in [-0.4, -0.2) is 64.7 Å². The highest BCUT2D eigenvalue weighted by molar-refractivity contribution is 5.69. The monoisotopic (exact) mass is 813 g/mol. The lowest BCUT2D eigenvalue weighted by molar-refractivity contribution is -0.313. The second kappa shape index (κ2) is 22.7. The largest absolute Gasteiger partial charge is 0.463 e. The molecule has 4 aliphatic carbocycles. The molecule has 1 unspecified atom stereocenters. The van der Waals surface area contributed by atoms with Gasteiger partial charge in [-0.05, 0) is 130 Å². The van der Waals surface area contributed by atoms with Crippen LogP contribution in [0.3, 0.4) is 0 Å². The van der Waals surface area contributed by atoms with Crippen molar-refractivity contribution in [3.8, 4) is 0 Å². The molecule has 5 aliphatic rings. The number of hydrogen-bond acceptors (Lipinski definition) is 7. The van der Waals surface area contributed by atoms with Crippen LogP contribution in [0.25, 0.3) is 0 Å². The van der Waals surface area contributed by atoms with Gasteiger partial charge in [-0.2, -0.15) is 0 Å². The molecule has 7 heteroatoms. The SMILES string of the molecule is C=C(C)[C@H](CC)CC[C@@H](C)[C@H]1CC[C@H]2[C@@H]3CC=C4C[C@@H](OC5O[C@H](COC(=O)CCCCCCCCCCCCCCC)[C@@H](O)[C@H](O)[C@H]5O)CC[C@]4(C)[C@H]3CC[C@]12C. The Balaban J connectivity index is 1.04. The van der Waals surface area contributed by atoms with Crippen molar-refractivity contribution in [3.63, 3.8) is 0 Å². The summed E-state index contributed by atoms with van der Waals surface area (Å²) in [7, 11) is 0. The second-order valence-electron chi connectivity index (χ2n) is 20.7. The van der Waals surface area contributed by atoms with Gasteiger partial charge in [-0.1, -0.05) is 135 Å². The summed E-state index contributed by atoms with van der Waals surface area (Å²) >= 11 is 0. The number of esters is 1. The van der Waals surface area contributed by atoms with Gasteiger partial charge < -0.3 is 29.5 Å². The van der Waals surface area contributed by atoms with Gasteiger partial charge in [0.2, 0.25) is 0 Å². The summed E-state index contributed by atoms with van der Waals surface area (Å²) in [5, 5.41) is 32.5. The lowest BCUT2D eigenvalue weighted by Gasteiger charge is -2.58. The Labute approximate surface area is 354 Å². The molecule has 5 rings (SSSR count). The first-order valence-corrected chi connectivity index (χ1v) is 24.7. The Morgan fingerprint density at radius 2 is 1.50 bits per heavy atom. The number of aliphatic hydroxyl groups is 3. The zero-order chi connectivity index (χ0) is 41.9. The van der Waals surface area contributed by atoms with Crippen LogP contribution in [-0.2, 0) is 19.0 Å². The van der Waals surface area contributed by atoms with Gasteiger partial charge in [0.1, 0.15) is 31.0 Å². The molecular formula is C51H88O7. The average Bonchev–Trinajstić information content (AvgIpc) is 3.56. The summed E-state index contributed by atoms with van der Waals surface area (Å²) < 4.78 is 18.0. The molecular weight excluding hydrogens is 725 g/mol. The number of ether oxygens (including phenoxy) is 3. The van der Waals surface area contributed by atoms with Crippen LogP contribution in [0.5, 0.6) is 0 Å². The summed E-state index contributed by atoms with van der Waals surface area (Å²) in [6.07, 6.45) is 25.7. The molecule has 14 atom stereocenters. The molecule has 4 fully saturated rings. The van der Waals surface area contributed by atoms with Gasteiger partial charge in [-0.25, -0.2) is 0 Å². The van der Waals surface area contributed by atoms with Gasteiger partial charge in [0, 0.05) is 6.42 Å². The molecule has 334 valence electrons. The molecule has 0 amide bonds. The number of allylic oxidation sites excluding steroid dienone is 2. The first kappa shape index (κ1) is 47.8. The Hall–Kier alpha value is -1.25. The molecule has 3 N–H and O–H groups in total. The Morgan fingerprint density at radius 1 is 0.845 bits per heavy atom. The van der Waals surface area contributed by atoms with E-state index in [0.29, 0.717) is 23.7 Å². The molecule has 0 spiro atoms. The molecule has 1 saturated heterocycles. The van der Waals surface area contributed by atoms with Gasteiger partial charge >= 0.3 is 5.97 Å². The Kier molecular flexibility index (Phi) is 18.7. The van der Waals surface area contributed by atoms with Crippen LogP contribution < -0.4 is 0 Å². The van der Waals surface area contributed by atoms with Crippen molar-refractivity contribution in [2.24, 2.45) is 46.3 Å². The average molecular weight is 813 g/mol. The van der Waals surface area contributed by atoms with Gasteiger partial charge in [-0.15, -0.1) is 0 Å². The lowest BCUT2D eigenvalue weighted by atomic mass is 9.47. The highest BCUT2D eigenvalue weighted by atomic mass is 16.7. The van der Waals surface area contributed by atoms with Crippen molar-refractivity contribution < 1.29 is 34.3 Å². The predicted molar refractivity (Wildman–Crippen MR) is 235 cm³/mol. The van der Waals surface area contributed by atoms with Crippen molar-refractivity contribution in [2.75, 3.05) is 6.61 Å². The van der Waals surface area contributed by atoms with Gasteiger partial charge in [0.15, 0.2) is 6.29 Å². The minimum atomic E-state index is -1.44. The number of rotatable bonds is 24. The fourth-order valence-corrected chi connectivity index (χ4v) is 13.1. The molecule has 0 aromatic heterocycles. The summed E-state index contributed by atoms with van der Waals surface area (Å²) in [5.41, 5.74) is 3.44. The van der Waals surface area contributed by atoms with Crippen LogP contribution >= 0.6 is 0 Å². The van der Waals surface area contributed by atoms with E-state index in [1.54, 1.807) is 0 Å². The number of carbonyl (C=O) groups is 1. The predicted octanol–water partition coefficient (Wildman–Crippen LogP) is 11.8. The smallest absolute Gasteiger partial charge is 0.305 e. The van der Waals surface area contributed by atoms with E-state index in [-0.39, 0.29) is 24.1 Å². The molecule has 3 saturated carbocycles. The number of carbonyl (C=O) groups excluding carboxylic acids is 1. The summed E-state index contributed by atoms with van der Waals surface area (Å²) in [6.45, 7) is 18.6. The van der Waals surface area contributed by atoms with Gasteiger partial charge in [-0.3, -0.25) is 4.79 Å². The first-order chi connectivity index (χ1) is 27.8. The van der Waals surface area contributed by atoms with E-state index in [4.69, 9.17) is 14.2 Å². The van der Waals surface area contributed by atoms with Crippen molar-refractivity contribution in [1.82, 2.24) is 0 Å². The van der Waals surface area contributed by atoms with E-state index in [1.807, 2.05) is 0 Å². The fourth-order valence-electron chi connectivity index (χ4n) is 13.1. The van der Waals surface area contributed by atoms with E-state index >= 15 is 0 Å². The maximum absolute atomic E-state index is 12.6. The van der Waals surface area contributed by atoms with Crippen LogP contribution in [0, 0.1) is 46.3 Å². The van der Waals surface area contributed by atoms with E-state index in [2.05, 4.69) is 54.2 Å². The second-order valence-corrected chi connectivity index (χ2v) is 20.7. The molecule has 1 heterocycles. The zero-order valence-corrected chi connectivity index (χ0v) is 38.1. The van der Waals surface area contributed by atoms with E-state index in [1.165, 1.54) is 120 Å². The maximum Gasteiger partial charge on any atom is 0.305 e. The topological polar surface area (TPSA) is 105 Å². The van der Waals surface area contributed by atoms with Crippen molar-refractivity contribution in [3.05, 3.63) is 23.8 Å². The van der Waals surface area contributed by atoms with Crippen LogP contribution in [0.2, 0.25) is 0 Å². The highest BCUT2D eigenvalue weighted by Gasteiger charge is 2.59. The molecule has 58 heavy (non-hydrogen) atoms. The minimum absolute atomic E-state index is 0.145. The summed E-state index contributed by atoms with van der Waals surface area (Å²) in [4.78, 5) is 12.6. The van der Waals surface area contributed by atoms with E-state index in [9.17, 15) is 20.1 Å². The quantitative estimate of drug-likeness (QED) is 0.0506. The van der Waals surface area contributed by atoms with Crippen molar-refractivity contribution in [2.45, 2.75) is 239 Å². The summed E-state index contributed by atoms with van der Waals surface area (Å²) in [5.74, 6) is 4.15. The van der Waals surface area contributed by atoms with E-state index in [0.717, 1.165) is 68.6 Å². The fraction of sp³-hybridized carbons (Fsp3) is 0.902. The molecule has 0 bridgehead atoms. The van der Waals surface area contributed by atoms with E-state index < -0.39 is 30.7 Å². The Bertz CT molecular complexity index is 1300. The van der Waals surface area contributed by atoms with Crippen LogP contribution in [0.15, 0.2) is 23.8 Å². The number of unbranched alkanes of at least 4 members (excludes halogenated alkanes) is 12. The minimum Gasteiger partial charge on any atom is -0.463 e. The standard InChI is InChI=1S/C51H88O7/c1-8-10-11-12-13-14-15-16-17-18-19-20-21-22-45(52)56-34-44-46(53)47(54)48(55)49(58-44)57-39-29-31-50(6)38(33-39)25-26-40-42-28-27-41(51(42,7)32-30-43(40)50)36(5)23-24-37(9-2)35(3)4/h25,36-37,39-44,46-49,53-55H,3,8-24,26-34H2,1-2,4-7H3/t36-,37-,39+,40+,41-,42+,43+,44-,46-,47+,48-,49?,50+,51-/m1/s1. The van der Waals surface area contributed by atoms with Crippen molar-refractivity contribution >= 4 is 5.97 Å². The highest BCUT2D eigenvalue weighted by Crippen LogP contribution is 2.67. The van der Waals surface area contributed by atoms with Crippen LogP contribution in [0.4, 0.5) is 0 Å². The molecule has 1 aliphatic heterocycles. The zero-order valence-electron chi connectivity index (χ0n) is 38.1. The lowest BCUT2D eigenvalue weighted by Crippen LogP contribution is -2.60. The molecule has 0 radical (unpaired) electrons. The molecule has 0 aromatic rings. The Morgan fingerprint density at radius 3 is 2.14 bits per heavy atom. The van der Waals surface area contributed by atoms with Gasteiger partial charge in [0.25, 0.3) is 0 Å². The van der Waals surface area contributed by atoms with Crippen LogP contribution in [0.1, 0.15) is 202 Å². The third kappa shape index (κ3) is 11.8. The third-order valence-corrected chi connectivity index (χ3v) is 16.9. The normalized spacial score (nSPS) is 36.9. The third-order valence-electron chi connectivity index (χ3n) is 16.9. The number of aliphatic hydroxyl groups excluding tert-OH is 3. The maximum atomic E-state index is 12.6.